The Morgan fingerprint density at radius 1 is 1.00 bits per heavy atom. The molecule has 47 heavy (non-hydrogen) atoms. The molecule has 2 aromatic carbocycles. The first-order valence-corrected chi connectivity index (χ1v) is 14.9. The molecule has 1 saturated heterocycles. The highest BCUT2D eigenvalue weighted by atomic mass is 32.2. The third-order valence-electron chi connectivity index (χ3n) is 6.55. The number of aryl methyl sites for hydroxylation is 1. The van der Waals surface area contributed by atoms with E-state index in [-0.39, 0.29) is 6.42 Å². The van der Waals surface area contributed by atoms with Gasteiger partial charge in [-0.2, -0.15) is 26.3 Å². The summed E-state index contributed by atoms with van der Waals surface area (Å²) in [6.07, 6.45) is -8.33. The van der Waals surface area contributed by atoms with Gasteiger partial charge >= 0.3 is 24.3 Å². The second-order valence-electron chi connectivity index (χ2n) is 10.3. The van der Waals surface area contributed by atoms with E-state index in [1.165, 1.54) is 0 Å². The van der Waals surface area contributed by atoms with Crippen LogP contribution in [0.4, 0.5) is 26.3 Å². The number of nitrogens with one attached hydrogen (secondary N) is 2. The van der Waals surface area contributed by atoms with Gasteiger partial charge in [-0.25, -0.2) is 15.1 Å². The predicted octanol–water partition coefficient (Wildman–Crippen LogP) is 4.76. The number of piperidine rings is 1. The van der Waals surface area contributed by atoms with E-state index < -0.39 is 46.4 Å². The smallest absolute Gasteiger partial charge is 0.489 e. The standard InChI is InChI=1S/C25H29N3O4S.2C2HF3O2/c1-18-13-19(22-5-2-3-6-23(22)27-18)15-32-20-7-9-21(10-8-20)33(31)17-25(14-24(29)28-30)11-4-12-26-16-25;2*3-2(4,5)1(6)7/h2-3,5-10,13,26,30H,4,11-12,14-17H2,1H3,(H,28,29);2*(H,6,7). The zero-order valence-electron chi connectivity index (χ0n) is 24.7. The molecule has 18 heteroatoms. The maximum Gasteiger partial charge on any atom is 0.490 e. The highest BCUT2D eigenvalue weighted by Gasteiger charge is 2.39. The van der Waals surface area contributed by atoms with E-state index in [4.69, 9.17) is 29.7 Å². The first-order chi connectivity index (χ1) is 21.9. The molecule has 2 atom stereocenters. The Morgan fingerprint density at radius 2 is 1.57 bits per heavy atom. The molecule has 1 aromatic heterocycles. The minimum absolute atomic E-state index is 0.142. The van der Waals surface area contributed by atoms with Gasteiger partial charge in [-0.15, -0.1) is 0 Å². The number of halogens is 6. The Kier molecular flexibility index (Phi) is 14.1. The number of hydroxylamine groups is 1. The van der Waals surface area contributed by atoms with Crippen molar-refractivity contribution in [1.29, 1.82) is 0 Å². The van der Waals surface area contributed by atoms with Crippen molar-refractivity contribution in [3.63, 3.8) is 0 Å². The predicted molar refractivity (Wildman–Crippen MR) is 155 cm³/mol. The fourth-order valence-corrected chi connectivity index (χ4v) is 5.97. The lowest BCUT2D eigenvalue weighted by atomic mass is 9.79. The number of benzene rings is 2. The van der Waals surface area contributed by atoms with E-state index >= 15 is 0 Å². The topological polar surface area (TPSA) is 175 Å². The van der Waals surface area contributed by atoms with Gasteiger partial charge in [0, 0.05) is 45.7 Å². The highest BCUT2D eigenvalue weighted by molar-refractivity contribution is 7.85. The number of alkyl halides is 6. The summed E-state index contributed by atoms with van der Waals surface area (Å²) in [6.45, 7) is 3.87. The van der Waals surface area contributed by atoms with Crippen LogP contribution in [0, 0.1) is 12.3 Å². The highest BCUT2D eigenvalue weighted by Crippen LogP contribution is 2.33. The van der Waals surface area contributed by atoms with Gasteiger partial charge in [0.15, 0.2) is 0 Å². The van der Waals surface area contributed by atoms with Crippen LogP contribution in [0.15, 0.2) is 59.5 Å². The second-order valence-corrected chi connectivity index (χ2v) is 11.7. The average molecular weight is 696 g/mol. The largest absolute Gasteiger partial charge is 0.490 e. The van der Waals surface area contributed by atoms with Crippen LogP contribution in [0.3, 0.4) is 0 Å². The molecule has 0 radical (unpaired) electrons. The summed E-state index contributed by atoms with van der Waals surface area (Å²) in [5.74, 6) is -4.91. The molecule has 0 spiro atoms. The van der Waals surface area contributed by atoms with Gasteiger partial charge in [-0.3, -0.25) is 19.2 Å². The van der Waals surface area contributed by atoms with Crippen LogP contribution in [-0.4, -0.2) is 73.7 Å². The molecule has 0 aliphatic carbocycles. The number of aromatic nitrogens is 1. The molecule has 11 nitrogen and oxygen atoms in total. The minimum atomic E-state index is -5.08. The number of pyridine rings is 1. The van der Waals surface area contributed by atoms with Gasteiger partial charge in [-0.05, 0) is 62.7 Å². The summed E-state index contributed by atoms with van der Waals surface area (Å²) in [6, 6.07) is 17.3. The Morgan fingerprint density at radius 3 is 2.09 bits per heavy atom. The molecule has 2 heterocycles. The summed E-state index contributed by atoms with van der Waals surface area (Å²) in [5.41, 5.74) is 4.23. The van der Waals surface area contributed by atoms with Crippen molar-refractivity contribution >= 4 is 39.5 Å². The number of carbonyl (C=O) groups is 3. The third kappa shape index (κ3) is 12.8. The van der Waals surface area contributed by atoms with Crippen molar-refractivity contribution in [2.24, 2.45) is 5.41 Å². The van der Waals surface area contributed by atoms with Crippen LogP contribution in [0.2, 0.25) is 0 Å². The average Bonchev–Trinajstić information content (AvgIpc) is 3.00. The Bertz CT molecular complexity index is 1520. The van der Waals surface area contributed by atoms with Crippen LogP contribution < -0.4 is 15.5 Å². The van der Waals surface area contributed by atoms with E-state index in [9.17, 15) is 35.3 Å². The van der Waals surface area contributed by atoms with E-state index in [0.717, 1.165) is 41.5 Å². The molecule has 3 aromatic rings. The molecule has 1 aliphatic rings. The number of aliphatic carboxylic acids is 2. The first kappa shape index (κ1) is 38.9. The van der Waals surface area contributed by atoms with E-state index in [1.54, 1.807) is 5.48 Å². The number of fused-ring (bicyclic) bond motifs is 1. The van der Waals surface area contributed by atoms with E-state index in [1.807, 2.05) is 61.5 Å². The number of carbonyl (C=O) groups excluding carboxylic acids is 1. The van der Waals surface area contributed by atoms with Crippen molar-refractivity contribution in [3.05, 3.63) is 65.9 Å². The number of hydrogen-bond acceptors (Lipinski definition) is 8. The van der Waals surface area contributed by atoms with Gasteiger partial charge in [0.2, 0.25) is 5.91 Å². The summed E-state index contributed by atoms with van der Waals surface area (Å²) in [7, 11) is -1.27. The van der Waals surface area contributed by atoms with Gasteiger partial charge in [0.1, 0.15) is 12.4 Å². The number of hydrogen-bond donors (Lipinski definition) is 5. The lowest BCUT2D eigenvalue weighted by molar-refractivity contribution is -0.193. The molecule has 258 valence electrons. The van der Waals surface area contributed by atoms with Gasteiger partial charge in [0.25, 0.3) is 0 Å². The number of amides is 1. The van der Waals surface area contributed by atoms with Crippen LogP contribution in [0.1, 0.15) is 30.5 Å². The first-order valence-electron chi connectivity index (χ1n) is 13.6. The van der Waals surface area contributed by atoms with Crippen molar-refractivity contribution in [2.75, 3.05) is 18.8 Å². The van der Waals surface area contributed by atoms with E-state index in [0.29, 0.717) is 29.5 Å². The van der Waals surface area contributed by atoms with Crippen LogP contribution in [-0.2, 0) is 31.8 Å². The Hall–Kier alpha value is -4.29. The molecule has 0 saturated carbocycles. The van der Waals surface area contributed by atoms with Gasteiger partial charge < -0.3 is 20.3 Å². The quantitative estimate of drug-likeness (QED) is 0.126. The molecule has 0 bridgehead atoms. The lowest BCUT2D eigenvalue weighted by Gasteiger charge is -2.36. The molecule has 1 aliphatic heterocycles. The molecule has 2 unspecified atom stereocenters. The van der Waals surface area contributed by atoms with Crippen molar-refractivity contribution in [2.45, 2.75) is 50.0 Å². The Labute approximate surface area is 266 Å². The maximum absolute atomic E-state index is 13.1. The molecule has 4 rings (SSSR count). The molecule has 1 fully saturated rings. The number of carboxylic acid groups (broad SMARTS) is 2. The van der Waals surface area contributed by atoms with Crippen molar-refractivity contribution in [3.8, 4) is 5.75 Å². The normalized spacial score (nSPS) is 16.9. The summed E-state index contributed by atoms with van der Waals surface area (Å²) >= 11 is 0. The summed E-state index contributed by atoms with van der Waals surface area (Å²) < 4.78 is 82.6. The van der Waals surface area contributed by atoms with Gasteiger partial charge in [0.05, 0.1) is 16.3 Å². The zero-order valence-corrected chi connectivity index (χ0v) is 25.5. The minimum Gasteiger partial charge on any atom is -0.489 e. The number of ether oxygens (including phenoxy) is 1. The third-order valence-corrected chi connectivity index (χ3v) is 8.23. The van der Waals surface area contributed by atoms with Gasteiger partial charge in [-0.1, -0.05) is 18.2 Å². The number of nitrogens with zero attached hydrogens (tertiary/aromatic N) is 1. The lowest BCUT2D eigenvalue weighted by Crippen LogP contribution is -2.46. The van der Waals surface area contributed by atoms with Crippen molar-refractivity contribution < 1.29 is 65.1 Å². The summed E-state index contributed by atoms with van der Waals surface area (Å²) in [5, 5.41) is 27.6. The molecule has 1 amide bonds. The van der Waals surface area contributed by atoms with Crippen LogP contribution in [0.5, 0.6) is 5.75 Å². The zero-order chi connectivity index (χ0) is 35.4. The SMILES string of the molecule is Cc1cc(COc2ccc(S(=O)CC3(CC(=O)NO)CCCNC3)cc2)c2ccccc2n1.O=C(O)C(F)(F)F.O=C(O)C(F)(F)F. The fraction of sp³-hybridized carbons (Fsp3) is 0.379. The fourth-order valence-electron chi connectivity index (χ4n) is 4.46. The van der Waals surface area contributed by atoms with E-state index in [2.05, 4.69) is 10.3 Å². The molecular formula is C29H31F6N3O8S. The Balaban J connectivity index is 0.000000459. The maximum atomic E-state index is 13.1. The molecular weight excluding hydrogens is 664 g/mol. The number of para-hydroxylation sites is 1. The molecule has 5 N–H and O–H groups in total. The number of carboxylic acids is 2. The van der Waals surface area contributed by atoms with Crippen LogP contribution >= 0.6 is 0 Å². The number of rotatable bonds is 8. The van der Waals surface area contributed by atoms with Crippen LogP contribution in [0.25, 0.3) is 10.9 Å². The monoisotopic (exact) mass is 695 g/mol. The van der Waals surface area contributed by atoms with Crippen molar-refractivity contribution in [1.82, 2.24) is 15.8 Å². The summed E-state index contributed by atoms with van der Waals surface area (Å²) in [4.78, 5) is 34.9. The second kappa shape index (κ2) is 17.0.